The number of hydrogen-bond acceptors (Lipinski definition) is 4. The molecule has 1 aromatic rings. The number of rotatable bonds is 7. The Bertz CT molecular complexity index is 273. The maximum atomic E-state index is 5.55. The Kier molecular flexibility index (Phi) is 5.36. The van der Waals surface area contributed by atoms with Crippen molar-refractivity contribution in [1.82, 2.24) is 10.3 Å². The maximum Gasteiger partial charge on any atom is 0.194 e. The van der Waals surface area contributed by atoms with E-state index in [1.165, 1.54) is 0 Å². The van der Waals surface area contributed by atoms with Gasteiger partial charge in [0.25, 0.3) is 0 Å². The lowest BCUT2D eigenvalue weighted by molar-refractivity contribution is 0.0982. The number of oxazole rings is 1. The SMILES string of the molecule is CCNCCCc1ncc(C(C)OC)o1. The van der Waals surface area contributed by atoms with Crippen molar-refractivity contribution in [3.8, 4) is 0 Å². The fourth-order valence-electron chi connectivity index (χ4n) is 1.29. The minimum absolute atomic E-state index is 0.0139. The molecule has 4 nitrogen and oxygen atoms in total. The minimum atomic E-state index is -0.0139. The zero-order chi connectivity index (χ0) is 11.1. The molecule has 1 N–H and O–H groups in total. The molecule has 4 heteroatoms. The van der Waals surface area contributed by atoms with Crippen molar-refractivity contribution in [2.75, 3.05) is 20.2 Å². The summed E-state index contributed by atoms with van der Waals surface area (Å²) in [6.45, 7) is 6.07. The number of aryl methyl sites for hydroxylation is 1. The predicted molar refractivity (Wildman–Crippen MR) is 58.8 cm³/mol. The normalized spacial score (nSPS) is 13.0. The molecule has 0 bridgehead atoms. The molecule has 0 saturated heterocycles. The van der Waals surface area contributed by atoms with Gasteiger partial charge in [0.05, 0.1) is 6.20 Å². The second-order valence-corrected chi connectivity index (χ2v) is 3.49. The van der Waals surface area contributed by atoms with E-state index in [1.54, 1.807) is 13.3 Å². The van der Waals surface area contributed by atoms with E-state index in [0.29, 0.717) is 0 Å². The number of methoxy groups -OCH3 is 1. The molecule has 0 fully saturated rings. The monoisotopic (exact) mass is 212 g/mol. The zero-order valence-corrected chi connectivity index (χ0v) is 9.75. The number of nitrogens with one attached hydrogen (secondary N) is 1. The Morgan fingerprint density at radius 3 is 3.07 bits per heavy atom. The molecule has 15 heavy (non-hydrogen) atoms. The molecule has 0 spiro atoms. The van der Waals surface area contributed by atoms with Crippen LogP contribution >= 0.6 is 0 Å². The van der Waals surface area contributed by atoms with Crippen LogP contribution in [0.5, 0.6) is 0 Å². The first-order valence-electron chi connectivity index (χ1n) is 5.46. The van der Waals surface area contributed by atoms with Crippen LogP contribution in [-0.4, -0.2) is 25.2 Å². The molecule has 0 aliphatic heterocycles. The van der Waals surface area contributed by atoms with Crippen LogP contribution in [0.3, 0.4) is 0 Å². The van der Waals surface area contributed by atoms with Gasteiger partial charge in [-0.15, -0.1) is 0 Å². The van der Waals surface area contributed by atoms with E-state index in [-0.39, 0.29) is 6.10 Å². The largest absolute Gasteiger partial charge is 0.443 e. The summed E-state index contributed by atoms with van der Waals surface area (Å²) >= 11 is 0. The number of hydrogen-bond donors (Lipinski definition) is 1. The van der Waals surface area contributed by atoms with Gasteiger partial charge in [0.2, 0.25) is 0 Å². The van der Waals surface area contributed by atoms with E-state index < -0.39 is 0 Å². The van der Waals surface area contributed by atoms with Crippen molar-refractivity contribution < 1.29 is 9.15 Å². The molecule has 0 amide bonds. The molecule has 1 unspecified atom stereocenters. The third-order valence-electron chi connectivity index (χ3n) is 2.32. The Balaban J connectivity index is 2.33. The van der Waals surface area contributed by atoms with E-state index in [2.05, 4.69) is 17.2 Å². The molecular weight excluding hydrogens is 192 g/mol. The number of aromatic nitrogens is 1. The Hall–Kier alpha value is -0.870. The lowest BCUT2D eigenvalue weighted by Gasteiger charge is -2.03. The third-order valence-corrected chi connectivity index (χ3v) is 2.32. The molecule has 1 heterocycles. The zero-order valence-electron chi connectivity index (χ0n) is 9.75. The van der Waals surface area contributed by atoms with Crippen LogP contribution in [0.2, 0.25) is 0 Å². The molecular formula is C11H20N2O2. The summed E-state index contributed by atoms with van der Waals surface area (Å²) in [4.78, 5) is 4.21. The fraction of sp³-hybridized carbons (Fsp3) is 0.727. The molecule has 86 valence electrons. The van der Waals surface area contributed by atoms with Gasteiger partial charge in [-0.2, -0.15) is 0 Å². The van der Waals surface area contributed by atoms with Crippen LogP contribution in [0.4, 0.5) is 0 Å². The second kappa shape index (κ2) is 6.58. The first-order chi connectivity index (χ1) is 7.27. The highest BCUT2D eigenvalue weighted by atomic mass is 16.5. The topological polar surface area (TPSA) is 47.3 Å². The van der Waals surface area contributed by atoms with E-state index in [0.717, 1.165) is 37.6 Å². The van der Waals surface area contributed by atoms with Crippen LogP contribution in [0.15, 0.2) is 10.6 Å². The van der Waals surface area contributed by atoms with Crippen molar-refractivity contribution in [2.45, 2.75) is 32.8 Å². The average Bonchev–Trinajstić information content (AvgIpc) is 2.72. The Labute approximate surface area is 91.0 Å². The Morgan fingerprint density at radius 1 is 1.60 bits per heavy atom. The van der Waals surface area contributed by atoms with Gasteiger partial charge in [-0.25, -0.2) is 4.98 Å². The van der Waals surface area contributed by atoms with E-state index in [4.69, 9.17) is 9.15 Å². The summed E-state index contributed by atoms with van der Waals surface area (Å²) in [6, 6.07) is 0. The van der Waals surface area contributed by atoms with Crippen molar-refractivity contribution >= 4 is 0 Å². The van der Waals surface area contributed by atoms with Gasteiger partial charge in [-0.3, -0.25) is 0 Å². The van der Waals surface area contributed by atoms with Gasteiger partial charge in [-0.05, 0) is 26.4 Å². The summed E-state index contributed by atoms with van der Waals surface area (Å²) in [5.74, 6) is 1.60. The summed E-state index contributed by atoms with van der Waals surface area (Å²) in [7, 11) is 1.66. The van der Waals surface area contributed by atoms with Crippen LogP contribution in [0, 0.1) is 0 Å². The van der Waals surface area contributed by atoms with Crippen molar-refractivity contribution in [3.05, 3.63) is 17.8 Å². The molecule has 1 aromatic heterocycles. The van der Waals surface area contributed by atoms with Gasteiger partial charge in [0.1, 0.15) is 6.10 Å². The lowest BCUT2D eigenvalue weighted by atomic mass is 10.3. The molecule has 1 rings (SSSR count). The molecule has 0 radical (unpaired) electrons. The maximum absolute atomic E-state index is 5.55. The number of nitrogens with zero attached hydrogens (tertiary/aromatic N) is 1. The molecule has 0 saturated carbocycles. The average molecular weight is 212 g/mol. The van der Waals surface area contributed by atoms with Crippen molar-refractivity contribution in [2.24, 2.45) is 0 Å². The minimum Gasteiger partial charge on any atom is -0.443 e. The van der Waals surface area contributed by atoms with E-state index in [9.17, 15) is 0 Å². The van der Waals surface area contributed by atoms with Crippen molar-refractivity contribution in [1.29, 1.82) is 0 Å². The summed E-state index contributed by atoms with van der Waals surface area (Å²) in [5.41, 5.74) is 0. The lowest BCUT2D eigenvalue weighted by Crippen LogP contribution is -2.14. The van der Waals surface area contributed by atoms with Crippen LogP contribution in [0.1, 0.15) is 38.0 Å². The Morgan fingerprint density at radius 2 is 2.40 bits per heavy atom. The highest BCUT2D eigenvalue weighted by Crippen LogP contribution is 2.16. The van der Waals surface area contributed by atoms with E-state index in [1.807, 2.05) is 6.92 Å². The summed E-state index contributed by atoms with van der Waals surface area (Å²) in [5, 5.41) is 3.27. The molecule has 1 atom stereocenters. The third kappa shape index (κ3) is 4.01. The molecule has 0 aromatic carbocycles. The number of ether oxygens (including phenoxy) is 1. The summed E-state index contributed by atoms with van der Waals surface area (Å²) in [6.07, 6.45) is 3.66. The van der Waals surface area contributed by atoms with Gasteiger partial charge >= 0.3 is 0 Å². The molecule has 0 aliphatic carbocycles. The van der Waals surface area contributed by atoms with Gasteiger partial charge in [0, 0.05) is 13.5 Å². The highest BCUT2D eigenvalue weighted by Gasteiger charge is 2.10. The fourth-order valence-corrected chi connectivity index (χ4v) is 1.29. The van der Waals surface area contributed by atoms with Crippen LogP contribution in [0.25, 0.3) is 0 Å². The highest BCUT2D eigenvalue weighted by molar-refractivity contribution is 4.97. The van der Waals surface area contributed by atoms with E-state index >= 15 is 0 Å². The van der Waals surface area contributed by atoms with Crippen LogP contribution < -0.4 is 5.32 Å². The van der Waals surface area contributed by atoms with Gasteiger partial charge in [0.15, 0.2) is 11.7 Å². The standard InChI is InChI=1S/C11H20N2O2/c1-4-12-7-5-6-11-13-8-10(15-11)9(2)14-3/h8-9,12H,4-7H2,1-3H3. The smallest absolute Gasteiger partial charge is 0.194 e. The first-order valence-corrected chi connectivity index (χ1v) is 5.46. The summed E-state index contributed by atoms with van der Waals surface area (Å²) < 4.78 is 10.7. The van der Waals surface area contributed by atoms with Gasteiger partial charge in [-0.1, -0.05) is 6.92 Å². The quantitative estimate of drug-likeness (QED) is 0.701. The van der Waals surface area contributed by atoms with Crippen molar-refractivity contribution in [3.63, 3.8) is 0 Å². The second-order valence-electron chi connectivity index (χ2n) is 3.49. The first kappa shape index (κ1) is 12.2. The molecule has 0 aliphatic rings. The predicted octanol–water partition coefficient (Wildman–Crippen LogP) is 1.92. The van der Waals surface area contributed by atoms with Crippen LogP contribution in [-0.2, 0) is 11.2 Å². The van der Waals surface area contributed by atoms with Gasteiger partial charge < -0.3 is 14.5 Å².